The topological polar surface area (TPSA) is 39.7 Å². The number of ether oxygens (including phenoxy) is 3. The molecule has 1 rings (SSSR count). The van der Waals surface area contributed by atoms with Crippen molar-refractivity contribution in [3.8, 4) is 5.75 Å². The van der Waals surface area contributed by atoms with Gasteiger partial charge in [0, 0.05) is 7.11 Å². The number of rotatable bonds is 11. The van der Waals surface area contributed by atoms with Crippen molar-refractivity contribution in [2.75, 3.05) is 33.5 Å². The van der Waals surface area contributed by atoms with E-state index in [1.807, 2.05) is 26.0 Å². The standard InChI is InChI=1S/C17H29NO3/c1-5-11-18-17(13-21-14(3)12-19-4)15-7-9-16(10-8-15)20-6-2/h7-10,14,17-18H,5-6,11-13H2,1-4H3. The lowest BCUT2D eigenvalue weighted by Gasteiger charge is -2.22. The van der Waals surface area contributed by atoms with Crippen LogP contribution in [0.5, 0.6) is 5.75 Å². The fraction of sp³-hybridized carbons (Fsp3) is 0.647. The Morgan fingerprint density at radius 1 is 1.10 bits per heavy atom. The van der Waals surface area contributed by atoms with Crippen molar-refractivity contribution in [2.24, 2.45) is 0 Å². The first kappa shape index (κ1) is 18.0. The third kappa shape index (κ3) is 6.93. The first-order valence-electron chi connectivity index (χ1n) is 7.77. The van der Waals surface area contributed by atoms with Crippen LogP contribution < -0.4 is 10.1 Å². The van der Waals surface area contributed by atoms with Gasteiger partial charge >= 0.3 is 0 Å². The van der Waals surface area contributed by atoms with Gasteiger partial charge in [-0.25, -0.2) is 0 Å². The molecule has 0 saturated carbocycles. The molecule has 0 bridgehead atoms. The minimum Gasteiger partial charge on any atom is -0.494 e. The number of hydrogen-bond acceptors (Lipinski definition) is 4. The van der Waals surface area contributed by atoms with E-state index in [1.54, 1.807) is 7.11 Å². The first-order chi connectivity index (χ1) is 10.2. The lowest BCUT2D eigenvalue weighted by molar-refractivity contribution is -0.000530. The number of methoxy groups -OCH3 is 1. The summed E-state index contributed by atoms with van der Waals surface area (Å²) in [6, 6.07) is 8.42. The van der Waals surface area contributed by atoms with Crippen molar-refractivity contribution in [1.29, 1.82) is 0 Å². The van der Waals surface area contributed by atoms with Gasteiger partial charge in [-0.05, 0) is 44.5 Å². The third-order valence-electron chi connectivity index (χ3n) is 3.18. The molecule has 21 heavy (non-hydrogen) atoms. The van der Waals surface area contributed by atoms with E-state index in [1.165, 1.54) is 5.56 Å². The zero-order valence-electron chi connectivity index (χ0n) is 13.7. The Bertz CT molecular complexity index is 367. The van der Waals surface area contributed by atoms with Crippen LogP contribution in [0, 0.1) is 0 Å². The Kier molecular flexibility index (Phi) is 9.06. The van der Waals surface area contributed by atoms with Crippen LogP contribution >= 0.6 is 0 Å². The predicted octanol–water partition coefficient (Wildman–Crippen LogP) is 3.18. The Morgan fingerprint density at radius 2 is 1.81 bits per heavy atom. The molecule has 2 unspecified atom stereocenters. The van der Waals surface area contributed by atoms with Crippen LogP contribution in [0.4, 0.5) is 0 Å². The number of benzene rings is 1. The van der Waals surface area contributed by atoms with E-state index in [0.29, 0.717) is 19.8 Å². The highest BCUT2D eigenvalue weighted by atomic mass is 16.5. The molecule has 0 aliphatic heterocycles. The molecule has 1 aromatic rings. The average molecular weight is 295 g/mol. The quantitative estimate of drug-likeness (QED) is 0.680. The first-order valence-corrected chi connectivity index (χ1v) is 7.77. The molecule has 0 aliphatic carbocycles. The lowest BCUT2D eigenvalue weighted by atomic mass is 10.1. The van der Waals surface area contributed by atoms with Gasteiger partial charge in [-0.3, -0.25) is 0 Å². The van der Waals surface area contributed by atoms with E-state index in [4.69, 9.17) is 14.2 Å². The average Bonchev–Trinajstić information content (AvgIpc) is 2.49. The van der Waals surface area contributed by atoms with E-state index >= 15 is 0 Å². The van der Waals surface area contributed by atoms with Crippen LogP contribution in [0.1, 0.15) is 38.8 Å². The molecular formula is C17H29NO3. The molecule has 0 aromatic heterocycles. The minimum absolute atomic E-state index is 0.101. The van der Waals surface area contributed by atoms with Crippen molar-refractivity contribution >= 4 is 0 Å². The highest BCUT2D eigenvalue weighted by Gasteiger charge is 2.13. The van der Waals surface area contributed by atoms with Crippen molar-refractivity contribution in [2.45, 2.75) is 39.3 Å². The maximum absolute atomic E-state index is 5.85. The maximum Gasteiger partial charge on any atom is 0.119 e. The normalized spacial score (nSPS) is 13.9. The van der Waals surface area contributed by atoms with Gasteiger partial charge in [0.25, 0.3) is 0 Å². The van der Waals surface area contributed by atoms with Crippen molar-refractivity contribution in [1.82, 2.24) is 5.32 Å². The van der Waals surface area contributed by atoms with Crippen LogP contribution in [0.15, 0.2) is 24.3 Å². The molecule has 2 atom stereocenters. The Balaban J connectivity index is 2.62. The molecule has 0 amide bonds. The van der Waals surface area contributed by atoms with Gasteiger partial charge in [0.15, 0.2) is 0 Å². The summed E-state index contributed by atoms with van der Waals surface area (Å²) in [6.07, 6.45) is 1.20. The highest BCUT2D eigenvalue weighted by Crippen LogP contribution is 2.19. The van der Waals surface area contributed by atoms with E-state index in [-0.39, 0.29) is 12.1 Å². The van der Waals surface area contributed by atoms with Crippen LogP contribution in [0.3, 0.4) is 0 Å². The van der Waals surface area contributed by atoms with Gasteiger partial charge in [-0.2, -0.15) is 0 Å². The van der Waals surface area contributed by atoms with E-state index in [2.05, 4.69) is 24.4 Å². The molecule has 120 valence electrons. The Hall–Kier alpha value is -1.10. The SMILES string of the molecule is CCCNC(COC(C)COC)c1ccc(OCC)cc1. The second-order valence-electron chi connectivity index (χ2n) is 5.11. The molecule has 0 aliphatic rings. The van der Waals surface area contributed by atoms with Gasteiger partial charge < -0.3 is 19.5 Å². The summed E-state index contributed by atoms with van der Waals surface area (Å²) < 4.78 is 16.4. The number of nitrogens with one attached hydrogen (secondary N) is 1. The molecule has 0 radical (unpaired) electrons. The van der Waals surface area contributed by atoms with E-state index in [9.17, 15) is 0 Å². The third-order valence-corrected chi connectivity index (χ3v) is 3.18. The van der Waals surface area contributed by atoms with Crippen molar-refractivity contribution in [3.63, 3.8) is 0 Å². The van der Waals surface area contributed by atoms with Gasteiger partial charge in [0.05, 0.1) is 32.0 Å². The molecule has 1 N–H and O–H groups in total. The molecular weight excluding hydrogens is 266 g/mol. The van der Waals surface area contributed by atoms with E-state index in [0.717, 1.165) is 18.7 Å². The Morgan fingerprint density at radius 3 is 2.38 bits per heavy atom. The van der Waals surface area contributed by atoms with Crippen molar-refractivity contribution in [3.05, 3.63) is 29.8 Å². The van der Waals surface area contributed by atoms with Crippen LogP contribution in [0.25, 0.3) is 0 Å². The largest absolute Gasteiger partial charge is 0.494 e. The van der Waals surface area contributed by atoms with Crippen LogP contribution in [0.2, 0.25) is 0 Å². The van der Waals surface area contributed by atoms with E-state index < -0.39 is 0 Å². The fourth-order valence-electron chi connectivity index (χ4n) is 2.10. The second kappa shape index (κ2) is 10.6. The van der Waals surface area contributed by atoms with Crippen LogP contribution in [-0.2, 0) is 9.47 Å². The second-order valence-corrected chi connectivity index (χ2v) is 5.11. The fourth-order valence-corrected chi connectivity index (χ4v) is 2.10. The maximum atomic E-state index is 5.85. The Labute approximate surface area is 128 Å². The molecule has 0 heterocycles. The van der Waals surface area contributed by atoms with Crippen molar-refractivity contribution < 1.29 is 14.2 Å². The summed E-state index contributed by atoms with van der Waals surface area (Å²) in [6.45, 7) is 9.09. The highest BCUT2D eigenvalue weighted by molar-refractivity contribution is 5.29. The molecule has 0 saturated heterocycles. The molecule has 1 aromatic carbocycles. The zero-order valence-corrected chi connectivity index (χ0v) is 13.7. The summed E-state index contributed by atoms with van der Waals surface area (Å²) in [4.78, 5) is 0. The molecule has 4 heteroatoms. The molecule has 4 nitrogen and oxygen atoms in total. The summed E-state index contributed by atoms with van der Waals surface area (Å²) in [5.41, 5.74) is 1.22. The number of hydrogen-bond donors (Lipinski definition) is 1. The zero-order chi connectivity index (χ0) is 15.5. The monoisotopic (exact) mass is 295 g/mol. The summed E-state index contributed by atoms with van der Waals surface area (Å²) in [5, 5.41) is 3.53. The summed E-state index contributed by atoms with van der Waals surface area (Å²) in [7, 11) is 1.69. The van der Waals surface area contributed by atoms with Gasteiger partial charge in [-0.1, -0.05) is 19.1 Å². The predicted molar refractivity (Wildman–Crippen MR) is 85.9 cm³/mol. The van der Waals surface area contributed by atoms with Gasteiger partial charge in [0.1, 0.15) is 5.75 Å². The smallest absolute Gasteiger partial charge is 0.119 e. The lowest BCUT2D eigenvalue weighted by Crippen LogP contribution is -2.29. The summed E-state index contributed by atoms with van der Waals surface area (Å²) >= 11 is 0. The van der Waals surface area contributed by atoms with Gasteiger partial charge in [-0.15, -0.1) is 0 Å². The molecule has 0 fully saturated rings. The van der Waals surface area contributed by atoms with Gasteiger partial charge in [0.2, 0.25) is 0 Å². The minimum atomic E-state index is 0.101. The summed E-state index contributed by atoms with van der Waals surface area (Å²) in [5.74, 6) is 0.907. The van der Waals surface area contributed by atoms with Crippen LogP contribution in [-0.4, -0.2) is 39.6 Å². The molecule has 0 spiro atoms.